The molecule has 6 atom stereocenters. The van der Waals surface area contributed by atoms with Gasteiger partial charge in [0.15, 0.2) is 6.10 Å². The second-order valence-corrected chi connectivity index (χ2v) is 7.96. The Morgan fingerprint density at radius 3 is 2.24 bits per heavy atom. The van der Waals surface area contributed by atoms with Gasteiger partial charge in [0.2, 0.25) is 6.10 Å². The van der Waals surface area contributed by atoms with Crippen LogP contribution in [-0.2, 0) is 23.8 Å². The van der Waals surface area contributed by atoms with Gasteiger partial charge in [0.05, 0.1) is 6.10 Å². The van der Waals surface area contributed by atoms with Gasteiger partial charge in [0, 0.05) is 18.6 Å². The molecule has 7 nitrogen and oxygen atoms in total. The smallest absolute Gasteiger partial charge is 0.346 e. The molecule has 1 spiro atoms. The van der Waals surface area contributed by atoms with Crippen molar-refractivity contribution in [1.82, 2.24) is 0 Å². The zero-order valence-electron chi connectivity index (χ0n) is 14.9. The molecule has 0 radical (unpaired) electrons. The fourth-order valence-corrected chi connectivity index (χ4v) is 5.23. The number of ether oxygens (including phenoxy) is 3. The number of carbonyl (C=O) groups is 2. The molecule has 3 aliphatic rings. The van der Waals surface area contributed by atoms with Gasteiger partial charge in [-0.25, -0.2) is 9.59 Å². The maximum absolute atomic E-state index is 11.7. The highest BCUT2D eigenvalue weighted by Gasteiger charge is 2.69. The normalized spacial score (nSPS) is 41.6. The predicted octanol–water partition coefficient (Wildman–Crippen LogP) is 1.91. The molecule has 140 valence electrons. The largest absolute Gasteiger partial charge is 0.482 e. The Hall–Kier alpha value is -1.60. The molecule has 3 heterocycles. The fourth-order valence-electron chi connectivity index (χ4n) is 5.23. The minimum Gasteiger partial charge on any atom is -0.482 e. The van der Waals surface area contributed by atoms with Crippen LogP contribution in [0.4, 0.5) is 0 Å². The van der Waals surface area contributed by atoms with Crippen molar-refractivity contribution in [3.63, 3.8) is 0 Å². The lowest BCUT2D eigenvalue weighted by molar-refractivity contribution is -0.204. The molecule has 0 aromatic heterocycles. The highest BCUT2D eigenvalue weighted by molar-refractivity contribution is 5.77. The summed E-state index contributed by atoms with van der Waals surface area (Å²) in [6.45, 7) is 10.6. The first-order valence-electron chi connectivity index (χ1n) is 8.71. The zero-order valence-corrected chi connectivity index (χ0v) is 14.9. The van der Waals surface area contributed by atoms with Gasteiger partial charge in [0.25, 0.3) is 0 Å². The second kappa shape index (κ2) is 5.99. The van der Waals surface area contributed by atoms with Crippen LogP contribution in [0.15, 0.2) is 12.3 Å². The molecule has 25 heavy (non-hydrogen) atoms. The summed E-state index contributed by atoms with van der Waals surface area (Å²) in [6.07, 6.45) is -1.27. The lowest BCUT2D eigenvalue weighted by Crippen LogP contribution is -2.62. The maximum atomic E-state index is 11.7. The summed E-state index contributed by atoms with van der Waals surface area (Å²) in [5.74, 6) is -1.70. The molecule has 2 N–H and O–H groups in total. The molecule has 0 aliphatic carbocycles. The van der Waals surface area contributed by atoms with Crippen molar-refractivity contribution in [2.45, 2.75) is 51.9 Å². The van der Waals surface area contributed by atoms with Gasteiger partial charge in [-0.2, -0.15) is 0 Å². The van der Waals surface area contributed by atoms with E-state index in [-0.39, 0.29) is 11.8 Å². The summed E-state index contributed by atoms with van der Waals surface area (Å²) in [6, 6.07) is 0. The third-order valence-electron chi connectivity index (χ3n) is 6.35. The molecule has 3 fully saturated rings. The lowest BCUT2D eigenvalue weighted by Gasteiger charge is -2.54. The van der Waals surface area contributed by atoms with Crippen molar-refractivity contribution in [3.05, 3.63) is 12.3 Å². The van der Waals surface area contributed by atoms with Crippen molar-refractivity contribution < 1.29 is 34.0 Å². The molecule has 7 heteroatoms. The van der Waals surface area contributed by atoms with E-state index in [1.54, 1.807) is 0 Å². The van der Waals surface area contributed by atoms with E-state index in [1.807, 2.05) is 20.8 Å². The van der Waals surface area contributed by atoms with E-state index < -0.39 is 41.1 Å². The Morgan fingerprint density at radius 1 is 1.12 bits per heavy atom. The average Bonchev–Trinajstić information content (AvgIpc) is 3.10. The maximum Gasteiger partial charge on any atom is 0.346 e. The van der Waals surface area contributed by atoms with Crippen LogP contribution in [0.25, 0.3) is 0 Å². The van der Waals surface area contributed by atoms with Gasteiger partial charge >= 0.3 is 11.9 Å². The van der Waals surface area contributed by atoms with Gasteiger partial charge in [-0.15, -0.1) is 0 Å². The average molecular weight is 354 g/mol. The number of rotatable bonds is 5. The van der Waals surface area contributed by atoms with Crippen LogP contribution in [0.2, 0.25) is 0 Å². The molecule has 0 saturated carbocycles. The molecule has 0 aromatic rings. The van der Waals surface area contributed by atoms with Crippen molar-refractivity contribution in [3.8, 4) is 0 Å². The van der Waals surface area contributed by atoms with Crippen LogP contribution in [-0.4, -0.2) is 53.7 Å². The minimum absolute atomic E-state index is 0.0800. The standard InChI is InChI=1S/C18H26O7/c1-9(2)11(17(4)5-7-24-13(17)15(19)20)12-18(6-8-23-12)10(3)25-14(18)16(21)22/h9,11-14H,3,5-8H2,1-2,4H3,(H,19,20)(H,21,22)/t11-,12?,13-,14?,17?,18?/m1/s1. The van der Waals surface area contributed by atoms with Crippen molar-refractivity contribution in [2.24, 2.45) is 22.7 Å². The number of carboxylic acids is 2. The molecule has 0 aromatic carbocycles. The van der Waals surface area contributed by atoms with Crippen LogP contribution in [0.5, 0.6) is 0 Å². The van der Waals surface area contributed by atoms with E-state index >= 15 is 0 Å². The van der Waals surface area contributed by atoms with Gasteiger partial charge in [-0.3, -0.25) is 0 Å². The molecule has 0 bridgehead atoms. The summed E-state index contributed by atoms with van der Waals surface area (Å²) in [5, 5.41) is 19.2. The van der Waals surface area contributed by atoms with Crippen LogP contribution < -0.4 is 0 Å². The summed E-state index contributed by atoms with van der Waals surface area (Å²) in [4.78, 5) is 23.4. The molecule has 4 unspecified atom stereocenters. The zero-order chi connectivity index (χ0) is 18.6. The number of aliphatic carboxylic acids is 2. The lowest BCUT2D eigenvalue weighted by atomic mass is 9.57. The van der Waals surface area contributed by atoms with Crippen LogP contribution in [0.1, 0.15) is 33.6 Å². The quantitative estimate of drug-likeness (QED) is 0.777. The molecular weight excluding hydrogens is 328 g/mol. The van der Waals surface area contributed by atoms with Gasteiger partial charge < -0.3 is 24.4 Å². The van der Waals surface area contributed by atoms with Gasteiger partial charge in [-0.05, 0) is 24.7 Å². The van der Waals surface area contributed by atoms with E-state index in [0.717, 1.165) is 0 Å². The van der Waals surface area contributed by atoms with Crippen molar-refractivity contribution >= 4 is 11.9 Å². The Morgan fingerprint density at radius 2 is 1.72 bits per heavy atom. The third-order valence-corrected chi connectivity index (χ3v) is 6.35. The van der Waals surface area contributed by atoms with E-state index in [1.165, 1.54) is 0 Å². The summed E-state index contributed by atoms with van der Waals surface area (Å²) >= 11 is 0. The Kier molecular flexibility index (Phi) is 4.36. The first kappa shape index (κ1) is 18.2. The third kappa shape index (κ3) is 2.39. The number of hydrogen-bond donors (Lipinski definition) is 2. The summed E-state index contributed by atoms with van der Waals surface area (Å²) < 4.78 is 16.9. The molecule has 0 amide bonds. The molecule has 3 saturated heterocycles. The summed E-state index contributed by atoms with van der Waals surface area (Å²) in [5.41, 5.74) is -1.45. The van der Waals surface area contributed by atoms with E-state index in [0.29, 0.717) is 31.8 Å². The minimum atomic E-state index is -1.03. The first-order valence-corrected chi connectivity index (χ1v) is 8.71. The Bertz CT molecular complexity index is 600. The van der Waals surface area contributed by atoms with Crippen molar-refractivity contribution in [1.29, 1.82) is 0 Å². The molecular formula is C18H26O7. The van der Waals surface area contributed by atoms with E-state index in [9.17, 15) is 19.8 Å². The SMILES string of the molecule is C=C1OC(C(=O)O)C12CCOC2[C@@H](C(C)C)C1(C)CCO[C@@H]1C(=O)O. The van der Waals surface area contributed by atoms with Crippen LogP contribution in [0, 0.1) is 22.7 Å². The fraction of sp³-hybridized carbons (Fsp3) is 0.778. The van der Waals surface area contributed by atoms with Gasteiger partial charge in [-0.1, -0.05) is 27.4 Å². The predicted molar refractivity (Wildman–Crippen MR) is 86.9 cm³/mol. The number of carboxylic acid groups (broad SMARTS) is 2. The Balaban J connectivity index is 2.02. The highest BCUT2D eigenvalue weighted by Crippen LogP contribution is 2.60. The topological polar surface area (TPSA) is 102 Å². The number of hydrogen-bond acceptors (Lipinski definition) is 5. The Labute approximate surface area is 146 Å². The van der Waals surface area contributed by atoms with E-state index in [2.05, 4.69) is 6.58 Å². The van der Waals surface area contributed by atoms with E-state index in [4.69, 9.17) is 14.2 Å². The molecule has 3 aliphatic heterocycles. The first-order chi connectivity index (χ1) is 11.7. The highest BCUT2D eigenvalue weighted by atomic mass is 16.6. The second-order valence-electron chi connectivity index (χ2n) is 7.96. The van der Waals surface area contributed by atoms with Gasteiger partial charge in [0.1, 0.15) is 11.2 Å². The van der Waals surface area contributed by atoms with Crippen LogP contribution in [0.3, 0.4) is 0 Å². The summed E-state index contributed by atoms with van der Waals surface area (Å²) in [7, 11) is 0. The monoisotopic (exact) mass is 354 g/mol. The van der Waals surface area contributed by atoms with Crippen LogP contribution >= 0.6 is 0 Å². The van der Waals surface area contributed by atoms with Crippen molar-refractivity contribution in [2.75, 3.05) is 13.2 Å². The molecule has 3 rings (SSSR count).